The molecular weight excluding hydrogens is 534 g/mol. The predicted molar refractivity (Wildman–Crippen MR) is 156 cm³/mol. The first kappa shape index (κ1) is 30.2. The largest absolute Gasteiger partial charge is 0.354 e. The van der Waals surface area contributed by atoms with Crippen LogP contribution in [0.4, 0.5) is 5.69 Å². The molecule has 0 saturated carbocycles. The van der Waals surface area contributed by atoms with Crippen LogP contribution in [0.15, 0.2) is 71.6 Å². The highest BCUT2D eigenvalue weighted by Crippen LogP contribution is 2.27. The number of halogens is 1. The Morgan fingerprint density at radius 3 is 2.23 bits per heavy atom. The van der Waals surface area contributed by atoms with Gasteiger partial charge in [-0.25, -0.2) is 8.42 Å². The van der Waals surface area contributed by atoms with Gasteiger partial charge in [0.15, 0.2) is 0 Å². The highest BCUT2D eigenvalue weighted by atomic mass is 35.5. The molecule has 0 bridgehead atoms. The third-order valence-electron chi connectivity index (χ3n) is 6.68. The quantitative estimate of drug-likeness (QED) is 0.335. The number of benzene rings is 3. The standard InChI is InChI=1S/C30H36ClN3O4S/c1-6-17-32-30(36)24(5)33(19-25-9-7-8-10-28(25)31)29(35)20-34(26-14-13-22(3)23(4)18-26)39(37,38)27-15-11-21(2)12-16-27/h7-16,18,24H,6,17,19-20H2,1-5H3,(H,32,36)/t24-/m0/s1. The van der Waals surface area contributed by atoms with Crippen LogP contribution in [-0.2, 0) is 26.2 Å². The van der Waals surface area contributed by atoms with Gasteiger partial charge in [0, 0.05) is 18.1 Å². The fraction of sp³-hybridized carbons (Fsp3) is 0.333. The zero-order valence-corrected chi connectivity index (χ0v) is 24.6. The van der Waals surface area contributed by atoms with Gasteiger partial charge in [0.25, 0.3) is 10.0 Å². The Labute approximate surface area is 236 Å². The maximum Gasteiger partial charge on any atom is 0.264 e. The van der Waals surface area contributed by atoms with Crippen LogP contribution in [0, 0.1) is 20.8 Å². The average molecular weight is 570 g/mol. The zero-order valence-electron chi connectivity index (χ0n) is 23.1. The van der Waals surface area contributed by atoms with Crippen LogP contribution in [-0.4, -0.2) is 44.3 Å². The van der Waals surface area contributed by atoms with Crippen molar-refractivity contribution in [3.8, 4) is 0 Å². The first-order valence-electron chi connectivity index (χ1n) is 12.9. The molecule has 0 aliphatic heterocycles. The second-order valence-corrected chi connectivity index (χ2v) is 11.9. The van der Waals surface area contributed by atoms with Crippen LogP contribution in [0.3, 0.4) is 0 Å². The molecule has 3 aromatic rings. The lowest BCUT2D eigenvalue weighted by molar-refractivity contribution is -0.139. The van der Waals surface area contributed by atoms with E-state index < -0.39 is 28.5 Å². The van der Waals surface area contributed by atoms with Crippen molar-refractivity contribution in [3.63, 3.8) is 0 Å². The summed E-state index contributed by atoms with van der Waals surface area (Å²) in [7, 11) is -4.11. The number of aryl methyl sites for hydroxylation is 3. The molecule has 1 atom stereocenters. The molecule has 39 heavy (non-hydrogen) atoms. The molecule has 2 amide bonds. The molecule has 0 aromatic heterocycles. The summed E-state index contributed by atoms with van der Waals surface area (Å²) in [6.07, 6.45) is 0.742. The van der Waals surface area contributed by atoms with E-state index in [1.165, 1.54) is 17.0 Å². The van der Waals surface area contributed by atoms with Gasteiger partial charge >= 0.3 is 0 Å². The predicted octanol–water partition coefficient (Wildman–Crippen LogP) is 5.40. The Morgan fingerprint density at radius 2 is 1.62 bits per heavy atom. The molecule has 0 heterocycles. The summed E-state index contributed by atoms with van der Waals surface area (Å²) >= 11 is 6.40. The van der Waals surface area contributed by atoms with E-state index in [1.807, 2.05) is 33.8 Å². The minimum atomic E-state index is -4.11. The fourth-order valence-corrected chi connectivity index (χ4v) is 5.64. The number of carbonyl (C=O) groups is 2. The summed E-state index contributed by atoms with van der Waals surface area (Å²) in [5.41, 5.74) is 3.83. The Kier molecular flexibility index (Phi) is 10.2. The normalized spacial score (nSPS) is 12.1. The Balaban J connectivity index is 2.05. The van der Waals surface area contributed by atoms with Crippen molar-refractivity contribution >= 4 is 39.1 Å². The number of hydrogen-bond donors (Lipinski definition) is 1. The van der Waals surface area contributed by atoms with Gasteiger partial charge in [-0.2, -0.15) is 0 Å². The van der Waals surface area contributed by atoms with Crippen molar-refractivity contribution in [2.75, 3.05) is 17.4 Å². The molecule has 0 aliphatic rings. The van der Waals surface area contributed by atoms with Gasteiger partial charge < -0.3 is 10.2 Å². The summed E-state index contributed by atoms with van der Waals surface area (Å²) in [6, 6.07) is 18.0. The molecule has 3 rings (SSSR count). The molecule has 9 heteroatoms. The molecule has 208 valence electrons. The van der Waals surface area contributed by atoms with Gasteiger partial charge in [-0.05, 0) is 81.1 Å². The highest BCUT2D eigenvalue weighted by Gasteiger charge is 2.32. The van der Waals surface area contributed by atoms with E-state index in [-0.39, 0.29) is 17.3 Å². The van der Waals surface area contributed by atoms with Crippen LogP contribution in [0.25, 0.3) is 0 Å². The third-order valence-corrected chi connectivity index (χ3v) is 8.84. The number of rotatable bonds is 11. The molecule has 0 unspecified atom stereocenters. The van der Waals surface area contributed by atoms with Gasteiger partial charge in [-0.1, -0.05) is 60.5 Å². The first-order valence-corrected chi connectivity index (χ1v) is 14.7. The summed E-state index contributed by atoms with van der Waals surface area (Å²) in [6.45, 7) is 9.29. The van der Waals surface area contributed by atoms with E-state index in [2.05, 4.69) is 5.32 Å². The number of hydrogen-bond acceptors (Lipinski definition) is 4. The Bertz CT molecular complexity index is 1420. The fourth-order valence-electron chi connectivity index (χ4n) is 4.04. The van der Waals surface area contributed by atoms with E-state index in [0.29, 0.717) is 22.8 Å². The summed E-state index contributed by atoms with van der Waals surface area (Å²) in [4.78, 5) is 28.3. The van der Waals surface area contributed by atoms with Crippen LogP contribution >= 0.6 is 11.6 Å². The maximum absolute atomic E-state index is 13.9. The molecule has 7 nitrogen and oxygen atoms in total. The minimum Gasteiger partial charge on any atom is -0.354 e. The second-order valence-electron chi connectivity index (χ2n) is 9.67. The third kappa shape index (κ3) is 7.40. The number of anilines is 1. The number of nitrogens with zero attached hydrogens (tertiary/aromatic N) is 2. The zero-order chi connectivity index (χ0) is 28.7. The lowest BCUT2D eigenvalue weighted by Gasteiger charge is -2.32. The second kappa shape index (κ2) is 13.1. The smallest absolute Gasteiger partial charge is 0.264 e. The molecule has 0 radical (unpaired) electrons. The van der Waals surface area contributed by atoms with Crippen molar-refractivity contribution in [1.82, 2.24) is 10.2 Å². The summed E-state index contributed by atoms with van der Waals surface area (Å²) < 4.78 is 28.9. The number of nitrogens with one attached hydrogen (secondary N) is 1. The van der Waals surface area contributed by atoms with Crippen molar-refractivity contribution in [1.29, 1.82) is 0 Å². The van der Waals surface area contributed by atoms with Crippen molar-refractivity contribution in [2.45, 2.75) is 58.5 Å². The maximum atomic E-state index is 13.9. The molecule has 0 saturated heterocycles. The van der Waals surface area contributed by atoms with Gasteiger partial charge in [-0.15, -0.1) is 0 Å². The highest BCUT2D eigenvalue weighted by molar-refractivity contribution is 7.92. The average Bonchev–Trinajstić information content (AvgIpc) is 2.91. The monoisotopic (exact) mass is 569 g/mol. The Hall–Kier alpha value is -3.36. The topological polar surface area (TPSA) is 86.8 Å². The SMILES string of the molecule is CCCNC(=O)[C@H](C)N(Cc1ccccc1Cl)C(=O)CN(c1ccc(C)c(C)c1)S(=O)(=O)c1ccc(C)cc1. The lowest BCUT2D eigenvalue weighted by atomic mass is 10.1. The summed E-state index contributed by atoms with van der Waals surface area (Å²) in [5, 5.41) is 3.28. The summed E-state index contributed by atoms with van der Waals surface area (Å²) in [5.74, 6) is -0.848. The molecule has 0 spiro atoms. The minimum absolute atomic E-state index is 0.0462. The van der Waals surface area contributed by atoms with Crippen molar-refractivity contribution in [3.05, 3.63) is 94.0 Å². The van der Waals surface area contributed by atoms with Gasteiger partial charge in [0.1, 0.15) is 12.6 Å². The van der Waals surface area contributed by atoms with Gasteiger partial charge in [0.05, 0.1) is 10.6 Å². The van der Waals surface area contributed by atoms with E-state index in [0.717, 1.165) is 27.4 Å². The van der Waals surface area contributed by atoms with E-state index in [4.69, 9.17) is 11.6 Å². The van der Waals surface area contributed by atoms with Crippen LogP contribution < -0.4 is 9.62 Å². The molecule has 3 aromatic carbocycles. The molecule has 1 N–H and O–H groups in total. The van der Waals surface area contributed by atoms with Crippen molar-refractivity contribution < 1.29 is 18.0 Å². The number of carbonyl (C=O) groups excluding carboxylic acids is 2. The van der Waals surface area contributed by atoms with E-state index in [9.17, 15) is 18.0 Å². The van der Waals surface area contributed by atoms with Crippen LogP contribution in [0.5, 0.6) is 0 Å². The van der Waals surface area contributed by atoms with Crippen LogP contribution in [0.1, 0.15) is 42.5 Å². The number of sulfonamides is 1. The first-order chi connectivity index (χ1) is 18.4. The molecule has 0 aliphatic carbocycles. The van der Waals surface area contributed by atoms with Crippen molar-refractivity contribution in [2.24, 2.45) is 0 Å². The Morgan fingerprint density at radius 1 is 0.949 bits per heavy atom. The lowest BCUT2D eigenvalue weighted by Crippen LogP contribution is -2.51. The van der Waals surface area contributed by atoms with Crippen LogP contribution in [0.2, 0.25) is 5.02 Å². The van der Waals surface area contributed by atoms with Gasteiger partial charge in [-0.3, -0.25) is 13.9 Å². The molecule has 0 fully saturated rings. The van der Waals surface area contributed by atoms with E-state index >= 15 is 0 Å². The van der Waals surface area contributed by atoms with Gasteiger partial charge in [0.2, 0.25) is 11.8 Å². The van der Waals surface area contributed by atoms with E-state index in [1.54, 1.807) is 55.5 Å². The molecular formula is C30H36ClN3O4S. The number of amides is 2.